The standard InChI is InChI=1S/C58H46N2/c1-56(2)57(3,4)60(47-27-12-7-13-28-47)55(59-56)44-22-18-21-43(36-44)51-38-53-54(49-30-17-16-29-48(49)51)50-34-33-42(41-32-31-39-19-14-15-20-40(39)35-41)37-52(50)58(53,45-23-8-5-9-24-45)46-25-10-6-11-26-46/h5-38H,1-4H3. The minimum absolute atomic E-state index is 0.248. The van der Waals surface area contributed by atoms with Crippen molar-refractivity contribution in [1.29, 1.82) is 0 Å². The molecule has 0 saturated carbocycles. The molecule has 0 radical (unpaired) electrons. The molecule has 0 saturated heterocycles. The molecule has 60 heavy (non-hydrogen) atoms. The number of hydrogen-bond donors (Lipinski definition) is 0. The van der Waals surface area contributed by atoms with Crippen LogP contribution in [-0.2, 0) is 5.41 Å². The first-order valence-corrected chi connectivity index (χ1v) is 21.1. The summed E-state index contributed by atoms with van der Waals surface area (Å²) in [7, 11) is 0. The molecule has 9 aromatic rings. The third kappa shape index (κ3) is 5.30. The third-order valence-electron chi connectivity index (χ3n) is 13.7. The smallest absolute Gasteiger partial charge is 0.136 e. The van der Waals surface area contributed by atoms with Crippen molar-refractivity contribution >= 4 is 33.1 Å². The number of nitrogens with zero attached hydrogens (tertiary/aromatic N) is 2. The highest BCUT2D eigenvalue weighted by Crippen LogP contribution is 2.59. The predicted octanol–water partition coefficient (Wildman–Crippen LogP) is 14.5. The maximum absolute atomic E-state index is 5.48. The minimum Gasteiger partial charge on any atom is -0.318 e. The lowest BCUT2D eigenvalue weighted by Gasteiger charge is -2.41. The molecule has 288 valence electrons. The molecule has 0 N–H and O–H groups in total. The summed E-state index contributed by atoms with van der Waals surface area (Å²) in [5.74, 6) is 1.00. The molecule has 0 bridgehead atoms. The van der Waals surface area contributed by atoms with Gasteiger partial charge in [0.1, 0.15) is 5.84 Å². The number of fused-ring (bicyclic) bond motifs is 6. The zero-order valence-electron chi connectivity index (χ0n) is 34.5. The fraction of sp³-hybridized carbons (Fsp3) is 0.121. The van der Waals surface area contributed by atoms with E-state index in [1.165, 1.54) is 77.2 Å². The molecule has 0 atom stereocenters. The number of amidine groups is 1. The Hall–Kier alpha value is -7.03. The van der Waals surface area contributed by atoms with E-state index >= 15 is 0 Å². The highest BCUT2D eigenvalue weighted by atomic mass is 15.3. The van der Waals surface area contributed by atoms with Gasteiger partial charge in [0, 0.05) is 11.3 Å². The zero-order valence-corrected chi connectivity index (χ0v) is 34.5. The fourth-order valence-electron chi connectivity index (χ4n) is 10.2. The predicted molar refractivity (Wildman–Crippen MR) is 253 cm³/mol. The van der Waals surface area contributed by atoms with Crippen molar-refractivity contribution in [3.63, 3.8) is 0 Å². The summed E-state index contributed by atoms with van der Waals surface area (Å²) in [5, 5.41) is 5.00. The van der Waals surface area contributed by atoms with E-state index in [9.17, 15) is 0 Å². The van der Waals surface area contributed by atoms with Crippen LogP contribution in [0.5, 0.6) is 0 Å². The Morgan fingerprint density at radius 2 is 0.983 bits per heavy atom. The molecule has 0 spiro atoms. The SMILES string of the molecule is CC1(C)N=C(c2cccc(-c3cc4c(c5ccccc35)-c3ccc(-c5ccc6ccccc6c5)cc3C4(c3ccccc3)c3ccccc3)c2)N(c2ccccc2)C1(C)C. The monoisotopic (exact) mass is 770 g/mol. The molecule has 0 amide bonds. The van der Waals surface area contributed by atoms with Crippen LogP contribution in [0.2, 0.25) is 0 Å². The van der Waals surface area contributed by atoms with E-state index < -0.39 is 5.41 Å². The summed E-state index contributed by atoms with van der Waals surface area (Å²) >= 11 is 0. The Morgan fingerprint density at radius 3 is 1.70 bits per heavy atom. The van der Waals surface area contributed by atoms with Crippen LogP contribution in [0, 0.1) is 0 Å². The van der Waals surface area contributed by atoms with Crippen molar-refractivity contribution in [1.82, 2.24) is 0 Å². The van der Waals surface area contributed by atoms with Crippen LogP contribution in [0.4, 0.5) is 5.69 Å². The van der Waals surface area contributed by atoms with Crippen LogP contribution in [-0.4, -0.2) is 16.9 Å². The van der Waals surface area contributed by atoms with Gasteiger partial charge in [0.15, 0.2) is 0 Å². The van der Waals surface area contributed by atoms with Gasteiger partial charge in [-0.05, 0) is 141 Å². The summed E-state index contributed by atoms with van der Waals surface area (Å²) in [6.07, 6.45) is 0. The number of benzene rings is 9. The van der Waals surface area contributed by atoms with Gasteiger partial charge in [-0.2, -0.15) is 0 Å². The summed E-state index contributed by atoms with van der Waals surface area (Å²) in [6.45, 7) is 9.13. The quantitative estimate of drug-likeness (QED) is 0.164. The van der Waals surface area contributed by atoms with E-state index in [1.807, 2.05) is 0 Å². The van der Waals surface area contributed by atoms with Gasteiger partial charge in [0.05, 0.1) is 16.5 Å². The van der Waals surface area contributed by atoms with Gasteiger partial charge in [0.2, 0.25) is 0 Å². The number of anilines is 1. The van der Waals surface area contributed by atoms with Crippen molar-refractivity contribution in [2.75, 3.05) is 4.90 Å². The van der Waals surface area contributed by atoms with Crippen molar-refractivity contribution in [2.45, 2.75) is 44.2 Å². The maximum atomic E-state index is 5.48. The molecule has 11 rings (SSSR count). The number of aliphatic imine (C=N–C) groups is 1. The lowest BCUT2D eigenvalue weighted by molar-refractivity contribution is 0.338. The highest BCUT2D eigenvalue weighted by molar-refractivity contribution is 6.15. The van der Waals surface area contributed by atoms with E-state index in [4.69, 9.17) is 4.99 Å². The number of hydrogen-bond acceptors (Lipinski definition) is 2. The highest BCUT2D eigenvalue weighted by Gasteiger charge is 2.50. The Balaban J connectivity index is 1.18. The van der Waals surface area contributed by atoms with Crippen LogP contribution < -0.4 is 4.90 Å². The van der Waals surface area contributed by atoms with Crippen molar-refractivity contribution < 1.29 is 0 Å². The van der Waals surface area contributed by atoms with Crippen LogP contribution in [0.25, 0.3) is 54.9 Å². The summed E-state index contributed by atoms with van der Waals surface area (Å²) in [6, 6.07) is 76.4. The summed E-state index contributed by atoms with van der Waals surface area (Å²) in [5.41, 5.74) is 13.6. The normalized spacial score (nSPS) is 15.8. The zero-order chi connectivity index (χ0) is 40.6. The average Bonchev–Trinajstić information content (AvgIpc) is 3.70. The molecular weight excluding hydrogens is 725 g/mol. The van der Waals surface area contributed by atoms with Crippen molar-refractivity contribution in [3.8, 4) is 33.4 Å². The topological polar surface area (TPSA) is 15.6 Å². The van der Waals surface area contributed by atoms with Gasteiger partial charge in [-0.3, -0.25) is 4.99 Å². The first-order valence-electron chi connectivity index (χ1n) is 21.1. The molecule has 1 heterocycles. The van der Waals surface area contributed by atoms with Crippen LogP contribution in [0.15, 0.2) is 211 Å². The van der Waals surface area contributed by atoms with E-state index in [-0.39, 0.29) is 11.1 Å². The molecule has 1 aliphatic heterocycles. The summed E-state index contributed by atoms with van der Waals surface area (Å²) < 4.78 is 0. The van der Waals surface area contributed by atoms with E-state index in [2.05, 4.69) is 239 Å². The Kier molecular flexibility index (Phi) is 8.12. The first kappa shape index (κ1) is 36.1. The molecule has 2 heteroatoms. The first-order chi connectivity index (χ1) is 29.3. The van der Waals surface area contributed by atoms with Gasteiger partial charge in [-0.25, -0.2) is 0 Å². The lowest BCUT2D eigenvalue weighted by atomic mass is 9.67. The molecular formula is C58H46N2. The van der Waals surface area contributed by atoms with Gasteiger partial charge in [-0.1, -0.05) is 170 Å². The van der Waals surface area contributed by atoms with Gasteiger partial charge in [0.25, 0.3) is 0 Å². The second-order valence-electron chi connectivity index (χ2n) is 17.5. The van der Waals surface area contributed by atoms with E-state index in [0.29, 0.717) is 0 Å². The van der Waals surface area contributed by atoms with Crippen LogP contribution in [0.1, 0.15) is 55.5 Å². The number of para-hydroxylation sites is 1. The van der Waals surface area contributed by atoms with Gasteiger partial charge < -0.3 is 4.90 Å². The average molecular weight is 771 g/mol. The van der Waals surface area contributed by atoms with Crippen molar-refractivity contribution in [2.24, 2.45) is 4.99 Å². The fourth-order valence-corrected chi connectivity index (χ4v) is 10.2. The molecule has 1 aliphatic carbocycles. The molecule has 2 aliphatic rings. The Bertz CT molecular complexity index is 3100. The van der Waals surface area contributed by atoms with E-state index in [1.54, 1.807) is 0 Å². The summed E-state index contributed by atoms with van der Waals surface area (Å²) in [4.78, 5) is 7.92. The van der Waals surface area contributed by atoms with Gasteiger partial charge >= 0.3 is 0 Å². The largest absolute Gasteiger partial charge is 0.318 e. The lowest BCUT2D eigenvalue weighted by Crippen LogP contribution is -2.53. The second-order valence-corrected chi connectivity index (χ2v) is 17.5. The van der Waals surface area contributed by atoms with E-state index in [0.717, 1.165) is 17.1 Å². The minimum atomic E-state index is -0.579. The molecule has 0 fully saturated rings. The third-order valence-corrected chi connectivity index (χ3v) is 13.7. The van der Waals surface area contributed by atoms with Crippen LogP contribution >= 0.6 is 0 Å². The number of rotatable bonds is 6. The molecule has 0 unspecified atom stereocenters. The molecule has 0 aromatic heterocycles. The van der Waals surface area contributed by atoms with Crippen LogP contribution in [0.3, 0.4) is 0 Å². The Morgan fingerprint density at radius 1 is 0.400 bits per heavy atom. The van der Waals surface area contributed by atoms with Crippen molar-refractivity contribution in [3.05, 3.63) is 234 Å². The second kappa shape index (κ2) is 13.5. The molecule has 9 aromatic carbocycles. The molecule has 2 nitrogen and oxygen atoms in total. The maximum Gasteiger partial charge on any atom is 0.136 e. The Labute approximate surface area is 353 Å². The van der Waals surface area contributed by atoms with Gasteiger partial charge in [-0.15, -0.1) is 0 Å².